The summed E-state index contributed by atoms with van der Waals surface area (Å²) in [5, 5.41) is 0. The van der Waals surface area contributed by atoms with Gasteiger partial charge in [-0.3, -0.25) is 0 Å². The van der Waals surface area contributed by atoms with Crippen molar-refractivity contribution >= 4 is 8.07 Å². The average molecular weight is 250 g/mol. The minimum atomic E-state index is -1.23. The standard InChI is InChI=1S/C14H22O2Si/c1-17(2,3)13-9-5-4-7-11-15-14-10-6-8-12-16-14/h14H,5-6,8,10-12H2,1-3H3. The molecule has 1 atom stereocenters. The monoisotopic (exact) mass is 250 g/mol. The third kappa shape index (κ3) is 8.04. The molecule has 2 nitrogen and oxygen atoms in total. The predicted molar refractivity (Wildman–Crippen MR) is 73.1 cm³/mol. The molecule has 0 aromatic heterocycles. The summed E-state index contributed by atoms with van der Waals surface area (Å²) in [5.74, 6) is 9.11. The van der Waals surface area contributed by atoms with Crippen LogP contribution >= 0.6 is 0 Å². The summed E-state index contributed by atoms with van der Waals surface area (Å²) in [7, 11) is -1.23. The van der Waals surface area contributed by atoms with Crippen molar-refractivity contribution in [2.75, 3.05) is 13.2 Å². The molecule has 0 aromatic carbocycles. The van der Waals surface area contributed by atoms with Gasteiger partial charge in [-0.2, -0.15) is 0 Å². The van der Waals surface area contributed by atoms with Crippen molar-refractivity contribution in [1.82, 2.24) is 0 Å². The molecule has 1 aliphatic heterocycles. The second-order valence-electron chi connectivity index (χ2n) is 5.19. The molecule has 0 bridgehead atoms. The Kier molecular flexibility index (Phi) is 6.37. The van der Waals surface area contributed by atoms with Crippen LogP contribution in [0.5, 0.6) is 0 Å². The van der Waals surface area contributed by atoms with Gasteiger partial charge in [0.2, 0.25) is 0 Å². The van der Waals surface area contributed by atoms with Gasteiger partial charge in [-0.05, 0) is 19.3 Å². The Hall–Kier alpha value is -0.743. The number of hydrogen-bond donors (Lipinski definition) is 0. The summed E-state index contributed by atoms with van der Waals surface area (Å²) in [6.07, 6.45) is 3.96. The number of rotatable bonds is 2. The van der Waals surface area contributed by atoms with Crippen LogP contribution in [-0.4, -0.2) is 27.6 Å². The molecule has 1 aliphatic rings. The van der Waals surface area contributed by atoms with Crippen LogP contribution in [0.4, 0.5) is 0 Å². The van der Waals surface area contributed by atoms with E-state index in [4.69, 9.17) is 9.47 Å². The van der Waals surface area contributed by atoms with Crippen LogP contribution in [0.1, 0.15) is 25.7 Å². The van der Waals surface area contributed by atoms with E-state index >= 15 is 0 Å². The maximum Gasteiger partial charge on any atom is 0.158 e. The molecule has 0 spiro atoms. The van der Waals surface area contributed by atoms with Gasteiger partial charge in [0.05, 0.1) is 6.42 Å². The van der Waals surface area contributed by atoms with Crippen LogP contribution in [0.25, 0.3) is 0 Å². The summed E-state index contributed by atoms with van der Waals surface area (Å²) in [6, 6.07) is 0. The molecule has 1 fully saturated rings. The fraction of sp³-hybridized carbons (Fsp3) is 0.714. The van der Waals surface area contributed by atoms with Crippen LogP contribution in [0.15, 0.2) is 0 Å². The third-order valence-electron chi connectivity index (χ3n) is 2.24. The summed E-state index contributed by atoms with van der Waals surface area (Å²) < 4.78 is 10.9. The van der Waals surface area contributed by atoms with Gasteiger partial charge in [-0.15, -0.1) is 5.54 Å². The van der Waals surface area contributed by atoms with Gasteiger partial charge < -0.3 is 9.47 Å². The van der Waals surface area contributed by atoms with Crippen molar-refractivity contribution in [2.24, 2.45) is 0 Å². The van der Waals surface area contributed by atoms with Crippen molar-refractivity contribution in [3.05, 3.63) is 0 Å². The Morgan fingerprint density at radius 3 is 2.65 bits per heavy atom. The van der Waals surface area contributed by atoms with Crippen molar-refractivity contribution in [2.45, 2.75) is 51.6 Å². The average Bonchev–Trinajstić information content (AvgIpc) is 2.28. The highest BCUT2D eigenvalue weighted by Gasteiger charge is 2.12. The maximum absolute atomic E-state index is 5.50. The lowest BCUT2D eigenvalue weighted by Gasteiger charge is -2.21. The fourth-order valence-corrected chi connectivity index (χ4v) is 2.06. The first-order valence-electron chi connectivity index (χ1n) is 6.27. The van der Waals surface area contributed by atoms with E-state index in [1.165, 1.54) is 6.42 Å². The van der Waals surface area contributed by atoms with Crippen molar-refractivity contribution < 1.29 is 9.47 Å². The molecule has 17 heavy (non-hydrogen) atoms. The van der Waals surface area contributed by atoms with E-state index in [2.05, 4.69) is 42.9 Å². The Morgan fingerprint density at radius 1 is 1.18 bits per heavy atom. The van der Waals surface area contributed by atoms with Crippen LogP contribution in [0, 0.1) is 23.3 Å². The quantitative estimate of drug-likeness (QED) is 0.554. The molecule has 1 saturated heterocycles. The second-order valence-corrected chi connectivity index (χ2v) is 9.94. The summed E-state index contributed by atoms with van der Waals surface area (Å²) in [6.45, 7) is 7.98. The molecule has 0 aromatic rings. The zero-order chi connectivity index (χ0) is 12.6. The first kappa shape index (κ1) is 14.3. The van der Waals surface area contributed by atoms with Crippen LogP contribution in [0.2, 0.25) is 19.6 Å². The lowest BCUT2D eigenvalue weighted by molar-refractivity contribution is -0.154. The van der Waals surface area contributed by atoms with Gasteiger partial charge in [-0.25, -0.2) is 0 Å². The molecule has 1 rings (SSSR count). The minimum Gasteiger partial charge on any atom is -0.353 e. The van der Waals surface area contributed by atoms with E-state index < -0.39 is 8.07 Å². The fourth-order valence-electron chi connectivity index (χ4n) is 1.44. The Morgan fingerprint density at radius 2 is 2.00 bits per heavy atom. The molecule has 0 aliphatic carbocycles. The van der Waals surface area contributed by atoms with Crippen molar-refractivity contribution in [3.63, 3.8) is 0 Å². The van der Waals surface area contributed by atoms with Crippen LogP contribution in [-0.2, 0) is 9.47 Å². The van der Waals surface area contributed by atoms with E-state index in [0.717, 1.165) is 19.4 Å². The largest absolute Gasteiger partial charge is 0.353 e. The van der Waals surface area contributed by atoms with Gasteiger partial charge >= 0.3 is 0 Å². The molecular weight excluding hydrogens is 228 g/mol. The topological polar surface area (TPSA) is 18.5 Å². The Balaban J connectivity index is 2.11. The second kappa shape index (κ2) is 7.56. The third-order valence-corrected chi connectivity index (χ3v) is 3.17. The van der Waals surface area contributed by atoms with Gasteiger partial charge in [0, 0.05) is 6.61 Å². The van der Waals surface area contributed by atoms with E-state index in [9.17, 15) is 0 Å². The molecule has 0 amide bonds. The highest BCUT2D eigenvalue weighted by Crippen LogP contribution is 2.12. The summed E-state index contributed by atoms with van der Waals surface area (Å²) in [4.78, 5) is 0. The number of ether oxygens (including phenoxy) is 2. The first-order chi connectivity index (χ1) is 8.08. The zero-order valence-electron chi connectivity index (χ0n) is 11.1. The zero-order valence-corrected chi connectivity index (χ0v) is 12.1. The molecule has 0 N–H and O–H groups in total. The first-order valence-corrected chi connectivity index (χ1v) is 9.77. The number of hydrogen-bond acceptors (Lipinski definition) is 2. The normalized spacial score (nSPS) is 19.8. The lowest BCUT2D eigenvalue weighted by atomic mass is 10.2. The predicted octanol–water partition coefficient (Wildman–Crippen LogP) is 2.80. The molecule has 1 unspecified atom stereocenters. The highest BCUT2D eigenvalue weighted by atomic mass is 28.3. The molecule has 0 saturated carbocycles. The molecular formula is C14H22O2Si. The molecule has 0 radical (unpaired) electrons. The SMILES string of the molecule is C[Si](C)(C)C#CCC#CCOC1CCCCO1. The summed E-state index contributed by atoms with van der Waals surface area (Å²) >= 11 is 0. The lowest BCUT2D eigenvalue weighted by Crippen LogP contribution is -2.22. The van der Waals surface area contributed by atoms with Gasteiger partial charge in [0.25, 0.3) is 0 Å². The Labute approximate surface area is 106 Å². The molecule has 3 heteroatoms. The highest BCUT2D eigenvalue weighted by molar-refractivity contribution is 6.83. The van der Waals surface area contributed by atoms with Crippen LogP contribution < -0.4 is 0 Å². The summed E-state index contributed by atoms with van der Waals surface area (Å²) in [5.41, 5.74) is 3.28. The Bertz CT molecular complexity index is 329. The van der Waals surface area contributed by atoms with E-state index in [1.807, 2.05) is 0 Å². The van der Waals surface area contributed by atoms with Crippen molar-refractivity contribution in [1.29, 1.82) is 0 Å². The smallest absolute Gasteiger partial charge is 0.158 e. The van der Waals surface area contributed by atoms with E-state index in [1.54, 1.807) is 0 Å². The molecule has 94 valence electrons. The van der Waals surface area contributed by atoms with Gasteiger partial charge in [-0.1, -0.05) is 37.4 Å². The van der Waals surface area contributed by atoms with E-state index in [0.29, 0.717) is 13.0 Å². The van der Waals surface area contributed by atoms with Crippen LogP contribution in [0.3, 0.4) is 0 Å². The maximum atomic E-state index is 5.50. The van der Waals surface area contributed by atoms with Crippen molar-refractivity contribution in [3.8, 4) is 23.3 Å². The van der Waals surface area contributed by atoms with E-state index in [-0.39, 0.29) is 6.29 Å². The van der Waals surface area contributed by atoms with Gasteiger partial charge in [0.1, 0.15) is 14.7 Å². The minimum absolute atomic E-state index is 0.0360. The molecule has 1 heterocycles. The van der Waals surface area contributed by atoms with Gasteiger partial charge in [0.15, 0.2) is 6.29 Å².